The van der Waals surface area contributed by atoms with Gasteiger partial charge in [0.2, 0.25) is 0 Å². The SMILES string of the molecule is C=C(C1CCN(C2CCN(S(=O)#[O+])C2)CC1)N(N=C(C)c1ccc(Cl)cc1)c1ccccc1. The van der Waals surface area contributed by atoms with E-state index in [1.807, 2.05) is 54.4 Å². The molecule has 2 saturated heterocycles. The Bertz CT molecular complexity index is 1130. The first-order chi connectivity index (χ1) is 15.9. The summed E-state index contributed by atoms with van der Waals surface area (Å²) >= 11 is 6.05. The summed E-state index contributed by atoms with van der Waals surface area (Å²) in [5.41, 5.74) is 3.89. The Morgan fingerprint density at radius 2 is 1.76 bits per heavy atom. The zero-order valence-corrected chi connectivity index (χ0v) is 20.5. The van der Waals surface area contributed by atoms with Crippen LogP contribution in [0.4, 0.5) is 5.69 Å². The number of piperidine rings is 1. The number of hydrogen-bond acceptors (Lipinski definition) is 4. The number of hydrazone groups is 1. The Morgan fingerprint density at radius 1 is 1.09 bits per heavy atom. The molecule has 0 saturated carbocycles. The molecular weight excluding hydrogens is 456 g/mol. The van der Waals surface area contributed by atoms with Crippen LogP contribution in [0.25, 0.3) is 0 Å². The van der Waals surface area contributed by atoms with E-state index in [0.29, 0.717) is 30.1 Å². The van der Waals surface area contributed by atoms with Crippen LogP contribution in [0.3, 0.4) is 0 Å². The van der Waals surface area contributed by atoms with Gasteiger partial charge in [0.25, 0.3) is 0 Å². The van der Waals surface area contributed by atoms with Crippen LogP contribution in [-0.2, 0) is 14.8 Å². The van der Waals surface area contributed by atoms with E-state index in [1.54, 1.807) is 0 Å². The number of para-hydroxylation sites is 1. The number of rotatable bonds is 6. The van der Waals surface area contributed by atoms with Gasteiger partial charge < -0.3 is 0 Å². The maximum atomic E-state index is 11.3. The van der Waals surface area contributed by atoms with Crippen molar-refractivity contribution in [3.05, 3.63) is 77.5 Å². The van der Waals surface area contributed by atoms with E-state index in [1.165, 1.54) is 4.31 Å². The van der Waals surface area contributed by atoms with Crippen LogP contribution < -0.4 is 5.01 Å². The van der Waals surface area contributed by atoms with Crippen LogP contribution in [0.15, 0.2) is 72.0 Å². The fraction of sp³-hybridized carbons (Fsp3) is 0.400. The van der Waals surface area contributed by atoms with Crippen molar-refractivity contribution in [2.45, 2.75) is 32.2 Å². The van der Waals surface area contributed by atoms with Crippen molar-refractivity contribution < 1.29 is 8.25 Å². The number of nitrogens with zero attached hydrogens (tertiary/aromatic N) is 4. The second-order valence-electron chi connectivity index (χ2n) is 8.69. The van der Waals surface area contributed by atoms with Gasteiger partial charge in [-0.1, -0.05) is 41.9 Å². The molecule has 6 nitrogen and oxygen atoms in total. The van der Waals surface area contributed by atoms with Gasteiger partial charge in [0.1, 0.15) is 0 Å². The molecule has 2 aliphatic rings. The summed E-state index contributed by atoms with van der Waals surface area (Å²) in [4.78, 5) is 2.44. The second kappa shape index (κ2) is 10.8. The molecule has 2 aromatic rings. The van der Waals surface area contributed by atoms with Gasteiger partial charge in [-0.2, -0.15) is 0 Å². The topological polar surface area (TPSA) is 59.1 Å². The standard InChI is InChI=1S/C25H30ClN4O2S/c1-19(21-8-10-23(26)11-9-21)27-30(24-6-4-3-5-7-24)20(2)22-12-15-28(16-13-22)25-14-17-29(18-25)33(31)32/h3-11,22,25H,2,12-18H2,1H3/q+1. The van der Waals surface area contributed by atoms with Crippen molar-refractivity contribution in [3.8, 4) is 0 Å². The molecule has 1 unspecified atom stereocenters. The maximum absolute atomic E-state index is 11.3. The van der Waals surface area contributed by atoms with Crippen molar-refractivity contribution in [1.29, 1.82) is 0 Å². The first-order valence-corrected chi connectivity index (χ1v) is 12.8. The number of anilines is 1. The zero-order valence-electron chi connectivity index (χ0n) is 18.9. The minimum atomic E-state index is -2.12. The summed E-state index contributed by atoms with van der Waals surface area (Å²) in [6.07, 6.45) is 2.86. The molecule has 8 heteroatoms. The van der Waals surface area contributed by atoms with Crippen molar-refractivity contribution in [2.24, 2.45) is 11.0 Å². The molecule has 0 amide bonds. The normalized spacial score (nSPS) is 20.6. The van der Waals surface area contributed by atoms with E-state index >= 15 is 0 Å². The molecular formula is C25H30ClN4O2S+. The van der Waals surface area contributed by atoms with Gasteiger partial charge in [0.05, 0.1) is 0 Å². The monoisotopic (exact) mass is 485 g/mol. The van der Waals surface area contributed by atoms with Gasteiger partial charge in [-0.3, -0.25) is 0 Å². The van der Waals surface area contributed by atoms with Crippen LogP contribution >= 0.6 is 11.6 Å². The fourth-order valence-corrected chi connectivity index (χ4v) is 5.34. The number of likely N-dealkylation sites (tertiary alicyclic amines) is 1. The van der Waals surface area contributed by atoms with Crippen LogP contribution in [0.2, 0.25) is 5.02 Å². The van der Waals surface area contributed by atoms with E-state index in [4.69, 9.17) is 16.7 Å². The second-order valence-corrected chi connectivity index (χ2v) is 10.1. The van der Waals surface area contributed by atoms with Crippen LogP contribution in [0, 0.1) is 5.92 Å². The van der Waals surface area contributed by atoms with Gasteiger partial charge in [-0.25, -0.2) is 0 Å². The third-order valence-electron chi connectivity index (χ3n) is 6.64. The zero-order chi connectivity index (χ0) is 23.4. The summed E-state index contributed by atoms with van der Waals surface area (Å²) in [5, 5.41) is 7.64. The Balaban J connectivity index is 1.47. The number of hydrogen-bond donors (Lipinski definition) is 0. The Morgan fingerprint density at radius 3 is 2.36 bits per heavy atom. The van der Waals surface area contributed by atoms with Crippen molar-refractivity contribution in [1.82, 2.24) is 9.21 Å². The van der Waals surface area contributed by atoms with Gasteiger partial charge in [-0.15, -0.1) is 0 Å². The molecule has 0 N–H and O–H groups in total. The average Bonchev–Trinajstić information content (AvgIpc) is 3.34. The fourth-order valence-electron chi connectivity index (χ4n) is 4.67. The average molecular weight is 486 g/mol. The summed E-state index contributed by atoms with van der Waals surface area (Å²) in [5.74, 6) is 0.314. The molecule has 174 valence electrons. The summed E-state index contributed by atoms with van der Waals surface area (Å²) in [7, 11) is -2.12. The Kier molecular flexibility index (Phi) is 7.88. The van der Waals surface area contributed by atoms with E-state index in [2.05, 4.69) is 23.6 Å². The van der Waals surface area contributed by atoms with E-state index in [0.717, 1.165) is 55.0 Å². The molecule has 33 heavy (non-hydrogen) atoms. The predicted molar refractivity (Wildman–Crippen MR) is 135 cm³/mol. The molecule has 2 heterocycles. The minimum Gasteiger partial charge on any atom is -0.0621 e. The minimum absolute atomic E-state index is 0.313. The molecule has 0 spiro atoms. The third-order valence-corrected chi connectivity index (χ3v) is 7.64. The summed E-state index contributed by atoms with van der Waals surface area (Å²) in [6.45, 7) is 9.56. The van der Waals surface area contributed by atoms with Gasteiger partial charge >= 0.3 is 132 Å². The number of benzene rings is 2. The van der Waals surface area contributed by atoms with Crippen molar-refractivity contribution >= 4 is 33.7 Å². The third kappa shape index (κ3) is 5.86. The van der Waals surface area contributed by atoms with Gasteiger partial charge in [-0.05, 0) is 24.6 Å². The summed E-state index contributed by atoms with van der Waals surface area (Å²) < 4.78 is 24.0. The van der Waals surface area contributed by atoms with Crippen molar-refractivity contribution in [3.63, 3.8) is 0 Å². The Hall–Kier alpha value is -2.16. The van der Waals surface area contributed by atoms with E-state index in [9.17, 15) is 8.25 Å². The molecule has 0 aliphatic carbocycles. The van der Waals surface area contributed by atoms with E-state index in [-0.39, 0.29) is 0 Å². The van der Waals surface area contributed by atoms with Crippen LogP contribution in [0.1, 0.15) is 31.7 Å². The first kappa shape index (κ1) is 24.0. The van der Waals surface area contributed by atoms with Gasteiger partial charge in [0, 0.05) is 5.02 Å². The number of allylic oxidation sites excluding steroid dienone is 1. The van der Waals surface area contributed by atoms with E-state index < -0.39 is 10.7 Å². The molecule has 0 bridgehead atoms. The quantitative estimate of drug-likeness (QED) is 0.333. The Labute approximate surface area is 202 Å². The summed E-state index contributed by atoms with van der Waals surface area (Å²) in [6, 6.07) is 18.1. The molecule has 0 radical (unpaired) electrons. The smallest absolute Gasteiger partial charge is 0.0621 e. The molecule has 2 aromatic carbocycles. The molecule has 2 fully saturated rings. The predicted octanol–water partition coefficient (Wildman–Crippen LogP) is 4.88. The van der Waals surface area contributed by atoms with Crippen LogP contribution in [0.5, 0.6) is 0 Å². The molecule has 4 rings (SSSR count). The van der Waals surface area contributed by atoms with Crippen molar-refractivity contribution in [2.75, 3.05) is 31.2 Å². The number of halogens is 1. The van der Waals surface area contributed by atoms with Crippen LogP contribution in [-0.4, -0.2) is 51.3 Å². The molecule has 2 aliphatic heterocycles. The first-order valence-electron chi connectivity index (χ1n) is 11.4. The van der Waals surface area contributed by atoms with Gasteiger partial charge in [0.15, 0.2) is 0 Å². The molecule has 1 atom stereocenters. The molecule has 0 aromatic heterocycles.